The van der Waals surface area contributed by atoms with Crippen LogP contribution in [0.4, 0.5) is 9.18 Å². The van der Waals surface area contributed by atoms with Crippen molar-refractivity contribution in [3.05, 3.63) is 64.3 Å². The molecule has 2 aromatic rings. The van der Waals surface area contributed by atoms with Crippen molar-refractivity contribution in [1.29, 1.82) is 0 Å². The Morgan fingerprint density at radius 2 is 1.79 bits per heavy atom. The number of carbonyl (C=O) groups excluding carboxylic acids is 3. The standard InChI is InChI=1S/C25H25FN2O5S/c1-2-32-21-13-18(7-10-20(21)33-16-23(29)27-11-3-4-12-27)14-22-24(30)28(25(31)34-22)15-17-5-8-19(26)9-6-17/h5-10,13-14H,2-4,11-12,15-16H2,1H3/b22-14-. The molecule has 2 heterocycles. The quantitative estimate of drug-likeness (QED) is 0.515. The summed E-state index contributed by atoms with van der Waals surface area (Å²) in [6.07, 6.45) is 3.65. The predicted molar refractivity (Wildman–Crippen MR) is 127 cm³/mol. The molecule has 2 fully saturated rings. The lowest BCUT2D eigenvalue weighted by Gasteiger charge is -2.17. The fourth-order valence-corrected chi connectivity index (χ4v) is 4.60. The van der Waals surface area contributed by atoms with Gasteiger partial charge in [-0.05, 0) is 73.0 Å². The van der Waals surface area contributed by atoms with E-state index in [1.165, 1.54) is 12.1 Å². The molecule has 0 N–H and O–H groups in total. The zero-order chi connectivity index (χ0) is 24.1. The lowest BCUT2D eigenvalue weighted by molar-refractivity contribution is -0.132. The Morgan fingerprint density at radius 1 is 1.06 bits per heavy atom. The number of hydrogen-bond acceptors (Lipinski definition) is 6. The molecule has 0 spiro atoms. The van der Waals surface area contributed by atoms with Crippen molar-refractivity contribution in [3.63, 3.8) is 0 Å². The van der Waals surface area contributed by atoms with Crippen LogP contribution >= 0.6 is 11.8 Å². The summed E-state index contributed by atoms with van der Waals surface area (Å²) in [6, 6.07) is 10.8. The number of halogens is 1. The molecule has 0 saturated carbocycles. The van der Waals surface area contributed by atoms with E-state index in [1.54, 1.807) is 41.3 Å². The van der Waals surface area contributed by atoms with Crippen LogP contribution in [0, 0.1) is 5.82 Å². The second kappa shape index (κ2) is 10.7. The smallest absolute Gasteiger partial charge is 0.293 e. The predicted octanol–water partition coefficient (Wildman–Crippen LogP) is 4.46. The second-order valence-electron chi connectivity index (χ2n) is 7.91. The van der Waals surface area contributed by atoms with Crippen molar-refractivity contribution in [2.45, 2.75) is 26.3 Å². The van der Waals surface area contributed by atoms with Crippen molar-refractivity contribution in [3.8, 4) is 11.5 Å². The minimum Gasteiger partial charge on any atom is -0.490 e. The fraction of sp³-hybridized carbons (Fsp3) is 0.320. The van der Waals surface area contributed by atoms with Gasteiger partial charge in [-0.25, -0.2) is 4.39 Å². The number of amides is 3. The summed E-state index contributed by atoms with van der Waals surface area (Å²) in [5.41, 5.74) is 1.32. The van der Waals surface area contributed by atoms with E-state index in [4.69, 9.17) is 9.47 Å². The van der Waals surface area contributed by atoms with Crippen molar-refractivity contribution in [2.75, 3.05) is 26.3 Å². The molecule has 0 radical (unpaired) electrons. The molecule has 34 heavy (non-hydrogen) atoms. The van der Waals surface area contributed by atoms with Crippen molar-refractivity contribution < 1.29 is 28.2 Å². The highest BCUT2D eigenvalue weighted by Gasteiger charge is 2.35. The van der Waals surface area contributed by atoms with Gasteiger partial charge in [0, 0.05) is 13.1 Å². The van der Waals surface area contributed by atoms with Gasteiger partial charge in [0.25, 0.3) is 17.1 Å². The fourth-order valence-electron chi connectivity index (χ4n) is 3.76. The lowest BCUT2D eigenvalue weighted by Crippen LogP contribution is -2.32. The maximum absolute atomic E-state index is 13.1. The third kappa shape index (κ3) is 5.59. The monoisotopic (exact) mass is 484 g/mol. The zero-order valence-electron chi connectivity index (χ0n) is 18.8. The SMILES string of the molecule is CCOc1cc(/C=C2\SC(=O)N(Cc3ccc(F)cc3)C2=O)ccc1OCC(=O)N1CCCC1. The van der Waals surface area contributed by atoms with Gasteiger partial charge in [-0.3, -0.25) is 19.3 Å². The third-order valence-electron chi connectivity index (χ3n) is 5.50. The first-order valence-electron chi connectivity index (χ1n) is 11.1. The van der Waals surface area contributed by atoms with E-state index in [9.17, 15) is 18.8 Å². The second-order valence-corrected chi connectivity index (χ2v) is 8.90. The minimum absolute atomic E-state index is 0.0566. The maximum Gasteiger partial charge on any atom is 0.293 e. The summed E-state index contributed by atoms with van der Waals surface area (Å²) in [5.74, 6) is 0.0513. The van der Waals surface area contributed by atoms with Crippen LogP contribution in [0.5, 0.6) is 11.5 Å². The molecular weight excluding hydrogens is 459 g/mol. The molecule has 3 amide bonds. The maximum atomic E-state index is 13.1. The van der Waals surface area contributed by atoms with Gasteiger partial charge >= 0.3 is 0 Å². The molecule has 7 nitrogen and oxygen atoms in total. The normalized spacial score (nSPS) is 17.1. The van der Waals surface area contributed by atoms with E-state index >= 15 is 0 Å². The Morgan fingerprint density at radius 3 is 2.50 bits per heavy atom. The number of hydrogen-bond donors (Lipinski definition) is 0. The topological polar surface area (TPSA) is 76.1 Å². The van der Waals surface area contributed by atoms with E-state index < -0.39 is 5.91 Å². The van der Waals surface area contributed by atoms with Crippen LogP contribution in [0.1, 0.15) is 30.9 Å². The molecule has 0 atom stereocenters. The van der Waals surface area contributed by atoms with Crippen LogP contribution in [0.15, 0.2) is 47.4 Å². The van der Waals surface area contributed by atoms with Crippen LogP contribution in [-0.2, 0) is 16.1 Å². The molecule has 4 rings (SSSR count). The third-order valence-corrected chi connectivity index (χ3v) is 6.41. The Kier molecular flexibility index (Phi) is 7.52. The van der Waals surface area contributed by atoms with Crippen molar-refractivity contribution >= 4 is 34.9 Å². The van der Waals surface area contributed by atoms with Gasteiger partial charge in [0.05, 0.1) is 18.1 Å². The molecule has 9 heteroatoms. The van der Waals surface area contributed by atoms with Gasteiger partial charge in [0.2, 0.25) is 0 Å². The number of imide groups is 1. The Labute approximate surface area is 201 Å². The summed E-state index contributed by atoms with van der Waals surface area (Å²) in [4.78, 5) is 40.7. The average molecular weight is 485 g/mol. The summed E-state index contributed by atoms with van der Waals surface area (Å²) in [7, 11) is 0. The molecular formula is C25H25FN2O5S. The summed E-state index contributed by atoms with van der Waals surface area (Å²) in [5, 5.41) is -0.383. The van der Waals surface area contributed by atoms with E-state index in [-0.39, 0.29) is 35.0 Å². The van der Waals surface area contributed by atoms with E-state index in [1.807, 2.05) is 6.92 Å². The Balaban J connectivity index is 1.46. The number of likely N-dealkylation sites (tertiary alicyclic amines) is 1. The highest BCUT2D eigenvalue weighted by atomic mass is 32.2. The first-order valence-corrected chi connectivity index (χ1v) is 11.9. The van der Waals surface area contributed by atoms with Crippen LogP contribution in [0.3, 0.4) is 0 Å². The molecule has 2 aromatic carbocycles. The minimum atomic E-state index is -0.408. The van der Waals surface area contributed by atoms with E-state index in [0.29, 0.717) is 29.2 Å². The van der Waals surface area contributed by atoms with Gasteiger partial charge in [0.1, 0.15) is 5.82 Å². The molecule has 2 aliphatic heterocycles. The van der Waals surface area contributed by atoms with E-state index in [2.05, 4.69) is 0 Å². The first-order chi connectivity index (χ1) is 16.4. The molecule has 0 aliphatic carbocycles. The number of rotatable bonds is 8. The molecule has 0 bridgehead atoms. The average Bonchev–Trinajstić information content (AvgIpc) is 3.45. The van der Waals surface area contributed by atoms with Crippen LogP contribution in [0.25, 0.3) is 6.08 Å². The molecule has 178 valence electrons. The van der Waals surface area contributed by atoms with Crippen LogP contribution in [0.2, 0.25) is 0 Å². The zero-order valence-corrected chi connectivity index (χ0v) is 19.6. The van der Waals surface area contributed by atoms with Gasteiger partial charge < -0.3 is 14.4 Å². The Hall–Kier alpha value is -3.33. The summed E-state index contributed by atoms with van der Waals surface area (Å²) in [6.45, 7) is 3.76. The largest absolute Gasteiger partial charge is 0.490 e. The van der Waals surface area contributed by atoms with Gasteiger partial charge in [0.15, 0.2) is 18.1 Å². The number of thioether (sulfide) groups is 1. The molecule has 2 saturated heterocycles. The molecule has 2 aliphatic rings. The molecule has 0 unspecified atom stereocenters. The van der Waals surface area contributed by atoms with Crippen LogP contribution in [-0.4, -0.2) is 53.2 Å². The van der Waals surface area contributed by atoms with Crippen molar-refractivity contribution in [1.82, 2.24) is 9.80 Å². The van der Waals surface area contributed by atoms with Crippen LogP contribution < -0.4 is 9.47 Å². The number of carbonyl (C=O) groups is 3. The van der Waals surface area contributed by atoms with E-state index in [0.717, 1.165) is 42.6 Å². The van der Waals surface area contributed by atoms with Gasteiger partial charge in [-0.2, -0.15) is 0 Å². The lowest BCUT2D eigenvalue weighted by atomic mass is 10.1. The highest BCUT2D eigenvalue weighted by molar-refractivity contribution is 8.18. The Bertz CT molecular complexity index is 1110. The first kappa shape index (κ1) is 23.8. The highest BCUT2D eigenvalue weighted by Crippen LogP contribution is 2.35. The number of nitrogens with zero attached hydrogens (tertiary/aromatic N) is 2. The number of ether oxygens (including phenoxy) is 2. The molecule has 0 aromatic heterocycles. The van der Waals surface area contributed by atoms with Gasteiger partial charge in [-0.15, -0.1) is 0 Å². The van der Waals surface area contributed by atoms with Crippen molar-refractivity contribution in [2.24, 2.45) is 0 Å². The number of benzene rings is 2. The van der Waals surface area contributed by atoms with Gasteiger partial charge in [-0.1, -0.05) is 18.2 Å². The summed E-state index contributed by atoms with van der Waals surface area (Å²) >= 11 is 0.853. The summed E-state index contributed by atoms with van der Waals surface area (Å²) < 4.78 is 24.5.